The lowest BCUT2D eigenvalue weighted by atomic mass is 10.1. The van der Waals surface area contributed by atoms with Crippen molar-refractivity contribution in [2.45, 2.75) is 39.2 Å². The molecule has 0 unspecified atom stereocenters. The molecule has 0 aliphatic heterocycles. The molecule has 0 atom stereocenters. The van der Waals surface area contributed by atoms with Gasteiger partial charge in [0.2, 0.25) is 0 Å². The Kier molecular flexibility index (Phi) is 3.74. The van der Waals surface area contributed by atoms with Gasteiger partial charge in [-0.2, -0.15) is 0 Å². The highest BCUT2D eigenvalue weighted by molar-refractivity contribution is 5.96. The molecule has 108 valence electrons. The number of pyridine rings is 1. The molecular formula is C18H20N2O. The molecule has 1 aromatic heterocycles. The number of nitrogens with zero attached hydrogens (tertiary/aromatic N) is 2. The summed E-state index contributed by atoms with van der Waals surface area (Å²) >= 11 is 0. The van der Waals surface area contributed by atoms with Crippen molar-refractivity contribution in [3.63, 3.8) is 0 Å². The van der Waals surface area contributed by atoms with E-state index >= 15 is 0 Å². The van der Waals surface area contributed by atoms with Crippen molar-refractivity contribution in [2.75, 3.05) is 0 Å². The molecular weight excluding hydrogens is 260 g/mol. The zero-order chi connectivity index (χ0) is 14.8. The molecule has 0 N–H and O–H groups in total. The van der Waals surface area contributed by atoms with Crippen LogP contribution in [0.5, 0.6) is 0 Å². The van der Waals surface area contributed by atoms with E-state index in [1.165, 1.54) is 17.5 Å². The normalized spacial score (nSPS) is 14.5. The molecule has 21 heavy (non-hydrogen) atoms. The Bertz CT molecular complexity index is 741. The van der Waals surface area contributed by atoms with Gasteiger partial charge in [-0.1, -0.05) is 12.1 Å². The summed E-state index contributed by atoms with van der Waals surface area (Å²) in [6, 6.07) is 11.9. The van der Waals surface area contributed by atoms with E-state index in [1.807, 2.05) is 44.2 Å². The highest BCUT2D eigenvalue weighted by atomic mass is 16.2. The van der Waals surface area contributed by atoms with Crippen LogP contribution in [0.15, 0.2) is 47.6 Å². The fourth-order valence-corrected chi connectivity index (χ4v) is 2.82. The molecule has 0 amide bonds. The molecule has 1 aromatic carbocycles. The van der Waals surface area contributed by atoms with Gasteiger partial charge in [-0.05, 0) is 68.5 Å². The van der Waals surface area contributed by atoms with Crippen LogP contribution in [0.1, 0.15) is 41.8 Å². The molecule has 3 rings (SSSR count). The number of fused-ring (bicyclic) bond motifs is 1. The van der Waals surface area contributed by atoms with E-state index in [2.05, 4.69) is 11.1 Å². The number of carbonyl (C=O) groups is 1. The van der Waals surface area contributed by atoms with Gasteiger partial charge in [-0.25, -0.2) is 0 Å². The van der Waals surface area contributed by atoms with Crippen LogP contribution in [0.2, 0.25) is 0 Å². The Morgan fingerprint density at radius 2 is 1.95 bits per heavy atom. The van der Waals surface area contributed by atoms with E-state index in [-0.39, 0.29) is 11.9 Å². The molecule has 2 aromatic rings. The van der Waals surface area contributed by atoms with Crippen molar-refractivity contribution >= 4 is 5.91 Å². The molecule has 0 saturated heterocycles. The molecule has 1 heterocycles. The van der Waals surface area contributed by atoms with Crippen molar-refractivity contribution in [3.05, 3.63) is 64.8 Å². The van der Waals surface area contributed by atoms with Crippen LogP contribution in [0, 0.1) is 0 Å². The third-order valence-corrected chi connectivity index (χ3v) is 3.79. The zero-order valence-corrected chi connectivity index (χ0v) is 12.5. The summed E-state index contributed by atoms with van der Waals surface area (Å²) < 4.78 is 1.64. The van der Waals surface area contributed by atoms with Crippen molar-refractivity contribution in [1.82, 2.24) is 4.57 Å². The summed E-state index contributed by atoms with van der Waals surface area (Å²) in [5.74, 6) is -0.00954. The third kappa shape index (κ3) is 2.82. The van der Waals surface area contributed by atoms with Gasteiger partial charge < -0.3 is 0 Å². The third-order valence-electron chi connectivity index (χ3n) is 3.79. The summed E-state index contributed by atoms with van der Waals surface area (Å²) in [5.41, 5.74) is 4.15. The summed E-state index contributed by atoms with van der Waals surface area (Å²) in [6.07, 6.45) is 5.20. The van der Waals surface area contributed by atoms with E-state index in [9.17, 15) is 4.79 Å². The van der Waals surface area contributed by atoms with E-state index in [0.717, 1.165) is 18.4 Å². The van der Waals surface area contributed by atoms with Crippen molar-refractivity contribution in [3.8, 4) is 0 Å². The van der Waals surface area contributed by atoms with Gasteiger partial charge in [0.15, 0.2) is 0 Å². The predicted octanol–water partition coefficient (Wildman–Crippen LogP) is 2.97. The van der Waals surface area contributed by atoms with Gasteiger partial charge in [-0.15, -0.1) is 0 Å². The smallest absolute Gasteiger partial charge is 0.263 e. The number of benzene rings is 1. The van der Waals surface area contributed by atoms with Gasteiger partial charge in [0.1, 0.15) is 5.49 Å². The second-order valence-electron chi connectivity index (χ2n) is 5.79. The number of hydrogen-bond donors (Lipinski definition) is 0. The molecule has 0 fully saturated rings. The molecule has 0 spiro atoms. The maximum Gasteiger partial charge on any atom is 0.263 e. The van der Waals surface area contributed by atoms with Gasteiger partial charge in [-0.3, -0.25) is 14.4 Å². The van der Waals surface area contributed by atoms with Crippen LogP contribution >= 0.6 is 0 Å². The first kappa shape index (κ1) is 13.8. The molecule has 1 aliphatic carbocycles. The number of carbonyl (C=O) groups excluding carboxylic acids is 1. The number of aromatic nitrogens is 1. The second kappa shape index (κ2) is 5.68. The highest BCUT2D eigenvalue weighted by Gasteiger charge is 2.15. The number of hydrogen-bond acceptors (Lipinski definition) is 2. The minimum Gasteiger partial charge on any atom is -0.268 e. The van der Waals surface area contributed by atoms with Crippen LogP contribution in [0.3, 0.4) is 0 Å². The number of aryl methyl sites for hydroxylation is 2. The minimum atomic E-state index is -0.00954. The van der Waals surface area contributed by atoms with Crippen molar-refractivity contribution in [2.24, 2.45) is 4.99 Å². The van der Waals surface area contributed by atoms with Crippen LogP contribution in [0.25, 0.3) is 0 Å². The van der Waals surface area contributed by atoms with E-state index in [0.29, 0.717) is 5.49 Å². The summed E-state index contributed by atoms with van der Waals surface area (Å²) in [4.78, 5) is 17.3. The molecule has 1 aliphatic rings. The molecule has 0 radical (unpaired) electrons. The zero-order valence-electron chi connectivity index (χ0n) is 12.5. The Hall–Kier alpha value is -2.16. The summed E-state index contributed by atoms with van der Waals surface area (Å²) in [5, 5.41) is 0. The van der Waals surface area contributed by atoms with Crippen molar-refractivity contribution in [1.29, 1.82) is 0 Å². The summed E-state index contributed by atoms with van der Waals surface area (Å²) in [7, 11) is 0. The van der Waals surface area contributed by atoms with E-state index < -0.39 is 0 Å². The monoisotopic (exact) mass is 280 g/mol. The average Bonchev–Trinajstić information content (AvgIpc) is 2.94. The lowest BCUT2D eigenvalue weighted by Crippen LogP contribution is -2.28. The van der Waals surface area contributed by atoms with Gasteiger partial charge in [0.05, 0.1) is 0 Å². The Morgan fingerprint density at radius 3 is 2.76 bits per heavy atom. The maximum absolute atomic E-state index is 12.8. The highest BCUT2D eigenvalue weighted by Crippen LogP contribution is 2.23. The first-order valence-electron chi connectivity index (χ1n) is 7.53. The largest absolute Gasteiger partial charge is 0.268 e. The maximum atomic E-state index is 12.8. The van der Waals surface area contributed by atoms with Gasteiger partial charge in [0, 0.05) is 17.8 Å². The topological polar surface area (TPSA) is 34.4 Å². The lowest BCUT2D eigenvalue weighted by molar-refractivity contribution is 0.0954. The Morgan fingerprint density at radius 1 is 1.14 bits per heavy atom. The fourth-order valence-electron chi connectivity index (χ4n) is 2.82. The first-order chi connectivity index (χ1) is 10.1. The first-order valence-corrected chi connectivity index (χ1v) is 7.53. The quantitative estimate of drug-likeness (QED) is 0.832. The molecule has 3 heteroatoms. The summed E-state index contributed by atoms with van der Waals surface area (Å²) in [6.45, 7) is 4.02. The van der Waals surface area contributed by atoms with Crippen molar-refractivity contribution < 1.29 is 4.79 Å². The average molecular weight is 280 g/mol. The van der Waals surface area contributed by atoms with E-state index in [4.69, 9.17) is 0 Å². The molecule has 0 bridgehead atoms. The predicted molar refractivity (Wildman–Crippen MR) is 83.3 cm³/mol. The van der Waals surface area contributed by atoms with Crippen LogP contribution in [-0.4, -0.2) is 16.5 Å². The van der Waals surface area contributed by atoms with Gasteiger partial charge in [0.25, 0.3) is 5.91 Å². The Labute approximate surface area is 125 Å². The standard InChI is InChI=1S/C18H20N2O/c1-13(2)19-17-8-3-4-11-20(17)18(21)16-10-9-14-6-5-7-15(14)12-16/h3-4,8-13H,5-7H2,1-2H3. The number of rotatable bonds is 2. The lowest BCUT2D eigenvalue weighted by Gasteiger charge is -2.08. The fraction of sp³-hybridized carbons (Fsp3) is 0.333. The van der Waals surface area contributed by atoms with Crippen LogP contribution < -0.4 is 5.49 Å². The molecule has 3 nitrogen and oxygen atoms in total. The Balaban J connectivity index is 2.03. The van der Waals surface area contributed by atoms with Gasteiger partial charge >= 0.3 is 0 Å². The van der Waals surface area contributed by atoms with Crippen LogP contribution in [0.4, 0.5) is 0 Å². The minimum absolute atomic E-state index is 0.00954. The SMILES string of the molecule is CC(C)N=c1ccccn1C(=O)c1ccc2c(c1)CCC2. The van der Waals surface area contributed by atoms with Crippen LogP contribution in [-0.2, 0) is 12.8 Å². The van der Waals surface area contributed by atoms with E-state index in [1.54, 1.807) is 10.8 Å². The second-order valence-corrected chi connectivity index (χ2v) is 5.79. The molecule has 0 saturated carbocycles.